The Kier molecular flexibility index (Phi) is 5.37. The fourth-order valence-corrected chi connectivity index (χ4v) is 0.946. The SMILES string of the molecule is CC/C=C(\C)C(=O)N(C)CCO. The Labute approximate surface area is 73.7 Å². The van der Waals surface area contributed by atoms with Crippen molar-refractivity contribution in [3.05, 3.63) is 11.6 Å². The van der Waals surface area contributed by atoms with Crippen molar-refractivity contribution in [1.29, 1.82) is 0 Å². The second kappa shape index (κ2) is 5.77. The molecule has 0 aliphatic heterocycles. The van der Waals surface area contributed by atoms with E-state index in [2.05, 4.69) is 0 Å². The van der Waals surface area contributed by atoms with Crippen LogP contribution in [-0.4, -0.2) is 36.1 Å². The first-order chi connectivity index (χ1) is 5.63. The molecule has 0 rings (SSSR count). The molecule has 0 fully saturated rings. The number of hydrogen-bond donors (Lipinski definition) is 1. The van der Waals surface area contributed by atoms with Crippen LogP contribution in [-0.2, 0) is 4.79 Å². The Bertz CT molecular complexity index is 175. The summed E-state index contributed by atoms with van der Waals surface area (Å²) in [5, 5.41) is 8.58. The van der Waals surface area contributed by atoms with E-state index < -0.39 is 0 Å². The van der Waals surface area contributed by atoms with Crippen LogP contribution in [0, 0.1) is 0 Å². The lowest BCUT2D eigenvalue weighted by Gasteiger charge is -2.15. The normalized spacial score (nSPS) is 11.5. The van der Waals surface area contributed by atoms with Crippen LogP contribution < -0.4 is 0 Å². The van der Waals surface area contributed by atoms with E-state index in [0.29, 0.717) is 6.54 Å². The number of aliphatic hydroxyl groups excluding tert-OH is 1. The highest BCUT2D eigenvalue weighted by atomic mass is 16.3. The number of allylic oxidation sites excluding steroid dienone is 1. The molecule has 0 bridgehead atoms. The molecule has 1 N–H and O–H groups in total. The number of nitrogens with zero attached hydrogens (tertiary/aromatic N) is 1. The second-order valence-corrected chi connectivity index (χ2v) is 2.75. The first-order valence-electron chi connectivity index (χ1n) is 4.16. The average molecular weight is 171 g/mol. The predicted octanol–water partition coefficient (Wildman–Crippen LogP) is 0.793. The Morgan fingerprint density at radius 1 is 1.58 bits per heavy atom. The fourth-order valence-electron chi connectivity index (χ4n) is 0.946. The van der Waals surface area contributed by atoms with E-state index in [9.17, 15) is 4.79 Å². The summed E-state index contributed by atoms with van der Waals surface area (Å²) in [6.07, 6.45) is 2.75. The van der Waals surface area contributed by atoms with Gasteiger partial charge < -0.3 is 10.0 Å². The molecule has 0 saturated heterocycles. The Hall–Kier alpha value is -0.830. The van der Waals surface area contributed by atoms with Crippen molar-refractivity contribution in [2.24, 2.45) is 0 Å². The molecule has 0 aromatic heterocycles. The van der Waals surface area contributed by atoms with Crippen molar-refractivity contribution >= 4 is 5.91 Å². The number of rotatable bonds is 4. The number of carbonyl (C=O) groups excluding carboxylic acids is 1. The lowest BCUT2D eigenvalue weighted by molar-refractivity contribution is -0.126. The van der Waals surface area contributed by atoms with Crippen LogP contribution in [0.5, 0.6) is 0 Å². The lowest BCUT2D eigenvalue weighted by atomic mass is 10.2. The van der Waals surface area contributed by atoms with Crippen molar-refractivity contribution in [2.45, 2.75) is 20.3 Å². The molecule has 3 heteroatoms. The van der Waals surface area contributed by atoms with Crippen LogP contribution in [0.25, 0.3) is 0 Å². The molecule has 0 aliphatic carbocycles. The third kappa shape index (κ3) is 3.53. The van der Waals surface area contributed by atoms with Crippen molar-refractivity contribution in [3.63, 3.8) is 0 Å². The van der Waals surface area contributed by atoms with Gasteiger partial charge in [0, 0.05) is 19.2 Å². The van der Waals surface area contributed by atoms with Gasteiger partial charge in [-0.05, 0) is 13.3 Å². The molecule has 0 spiro atoms. The first-order valence-corrected chi connectivity index (χ1v) is 4.16. The van der Waals surface area contributed by atoms with Crippen molar-refractivity contribution < 1.29 is 9.90 Å². The molecular weight excluding hydrogens is 154 g/mol. The Morgan fingerprint density at radius 2 is 2.17 bits per heavy atom. The molecule has 1 amide bonds. The summed E-state index contributed by atoms with van der Waals surface area (Å²) in [7, 11) is 1.69. The molecule has 0 aromatic carbocycles. The molecule has 0 unspecified atom stereocenters. The van der Waals surface area contributed by atoms with Gasteiger partial charge in [-0.1, -0.05) is 13.0 Å². The molecule has 0 atom stereocenters. The van der Waals surface area contributed by atoms with Crippen molar-refractivity contribution in [2.75, 3.05) is 20.2 Å². The highest BCUT2D eigenvalue weighted by Gasteiger charge is 2.08. The van der Waals surface area contributed by atoms with Crippen LogP contribution >= 0.6 is 0 Å². The highest BCUT2D eigenvalue weighted by Crippen LogP contribution is 1.99. The molecule has 0 aliphatic rings. The third-order valence-corrected chi connectivity index (χ3v) is 1.63. The lowest BCUT2D eigenvalue weighted by Crippen LogP contribution is -2.29. The smallest absolute Gasteiger partial charge is 0.248 e. The van der Waals surface area contributed by atoms with Gasteiger partial charge in [0.15, 0.2) is 0 Å². The minimum absolute atomic E-state index is 0.00843. The van der Waals surface area contributed by atoms with Gasteiger partial charge in [0.1, 0.15) is 0 Å². The number of aliphatic hydroxyl groups is 1. The Balaban J connectivity index is 4.09. The summed E-state index contributed by atoms with van der Waals surface area (Å²) in [5.41, 5.74) is 0.744. The van der Waals surface area contributed by atoms with Gasteiger partial charge >= 0.3 is 0 Å². The first kappa shape index (κ1) is 11.2. The fraction of sp³-hybridized carbons (Fsp3) is 0.667. The van der Waals surface area contributed by atoms with Crippen LogP contribution in [0.4, 0.5) is 0 Å². The maximum atomic E-state index is 11.4. The summed E-state index contributed by atoms with van der Waals surface area (Å²) in [6, 6.07) is 0. The zero-order chi connectivity index (χ0) is 9.56. The van der Waals surface area contributed by atoms with Gasteiger partial charge in [-0.25, -0.2) is 0 Å². The summed E-state index contributed by atoms with van der Waals surface area (Å²) >= 11 is 0. The quantitative estimate of drug-likeness (QED) is 0.635. The highest BCUT2D eigenvalue weighted by molar-refractivity contribution is 5.92. The minimum Gasteiger partial charge on any atom is -0.395 e. The van der Waals surface area contributed by atoms with E-state index in [-0.39, 0.29) is 12.5 Å². The van der Waals surface area contributed by atoms with Crippen LogP contribution in [0.3, 0.4) is 0 Å². The monoisotopic (exact) mass is 171 g/mol. The van der Waals surface area contributed by atoms with Crippen LogP contribution in [0.2, 0.25) is 0 Å². The summed E-state index contributed by atoms with van der Waals surface area (Å²) < 4.78 is 0. The van der Waals surface area contributed by atoms with Gasteiger partial charge in [-0.3, -0.25) is 4.79 Å². The summed E-state index contributed by atoms with van der Waals surface area (Å²) in [4.78, 5) is 12.9. The third-order valence-electron chi connectivity index (χ3n) is 1.63. The van der Waals surface area contributed by atoms with Crippen LogP contribution in [0.1, 0.15) is 20.3 Å². The van der Waals surface area contributed by atoms with Crippen LogP contribution in [0.15, 0.2) is 11.6 Å². The van der Waals surface area contributed by atoms with E-state index in [1.807, 2.05) is 13.0 Å². The van der Waals surface area contributed by atoms with E-state index in [4.69, 9.17) is 5.11 Å². The second-order valence-electron chi connectivity index (χ2n) is 2.75. The zero-order valence-electron chi connectivity index (χ0n) is 8.00. The predicted molar refractivity (Wildman–Crippen MR) is 48.8 cm³/mol. The zero-order valence-corrected chi connectivity index (χ0v) is 8.00. The number of hydrogen-bond acceptors (Lipinski definition) is 2. The summed E-state index contributed by atoms with van der Waals surface area (Å²) in [5.74, 6) is -0.00843. The van der Waals surface area contributed by atoms with E-state index in [1.54, 1.807) is 14.0 Å². The number of carbonyl (C=O) groups is 1. The van der Waals surface area contributed by atoms with Crippen molar-refractivity contribution in [3.8, 4) is 0 Å². The maximum Gasteiger partial charge on any atom is 0.248 e. The molecule has 3 nitrogen and oxygen atoms in total. The standard InChI is InChI=1S/C9H17NO2/c1-4-5-8(2)9(12)10(3)6-7-11/h5,11H,4,6-7H2,1-3H3/b8-5+. The summed E-state index contributed by atoms with van der Waals surface area (Å²) in [6.45, 7) is 4.19. The minimum atomic E-state index is -0.00843. The van der Waals surface area contributed by atoms with E-state index in [1.165, 1.54) is 4.90 Å². The largest absolute Gasteiger partial charge is 0.395 e. The molecule has 0 heterocycles. The number of likely N-dealkylation sites (N-methyl/N-ethyl adjacent to an activating group) is 1. The molecule has 12 heavy (non-hydrogen) atoms. The molecule has 0 radical (unpaired) electrons. The van der Waals surface area contributed by atoms with Gasteiger partial charge in [-0.15, -0.1) is 0 Å². The van der Waals surface area contributed by atoms with Gasteiger partial charge in [0.05, 0.1) is 6.61 Å². The van der Waals surface area contributed by atoms with Gasteiger partial charge in [0.25, 0.3) is 0 Å². The van der Waals surface area contributed by atoms with Gasteiger partial charge in [-0.2, -0.15) is 0 Å². The molecule has 0 aromatic rings. The Morgan fingerprint density at radius 3 is 2.58 bits per heavy atom. The topological polar surface area (TPSA) is 40.5 Å². The molecule has 70 valence electrons. The molecular formula is C9H17NO2. The average Bonchev–Trinajstić information content (AvgIpc) is 2.04. The van der Waals surface area contributed by atoms with E-state index >= 15 is 0 Å². The maximum absolute atomic E-state index is 11.4. The molecule has 0 saturated carbocycles. The van der Waals surface area contributed by atoms with E-state index in [0.717, 1.165) is 12.0 Å². The van der Waals surface area contributed by atoms with Gasteiger partial charge in [0.2, 0.25) is 5.91 Å². The van der Waals surface area contributed by atoms with Crippen molar-refractivity contribution in [1.82, 2.24) is 4.90 Å². The number of amides is 1.